The molecule has 0 saturated heterocycles. The van der Waals surface area contributed by atoms with E-state index < -0.39 is 0 Å². The number of carbonyl (C=O) groups excluding carboxylic acids is 2. The number of carbonyl (C=O) groups is 2. The summed E-state index contributed by atoms with van der Waals surface area (Å²) in [6, 6.07) is 8.13. The first-order chi connectivity index (χ1) is 14.3. The van der Waals surface area contributed by atoms with Gasteiger partial charge in [-0.3, -0.25) is 14.5 Å². The minimum atomic E-state index is -0.129. The maximum atomic E-state index is 12.6. The van der Waals surface area contributed by atoms with Crippen molar-refractivity contribution in [3.05, 3.63) is 52.9 Å². The SMILES string of the molecule is CC1=C[C@@H](CN2C(=O)C(C)=C(C)C2=O)[C@H](C(C)C)C[C@H]1Cc1nc2ccccc2[nH]1. The molecule has 158 valence electrons. The van der Waals surface area contributed by atoms with Crippen molar-refractivity contribution in [3.63, 3.8) is 0 Å². The van der Waals surface area contributed by atoms with Crippen molar-refractivity contribution in [2.24, 2.45) is 23.7 Å². The van der Waals surface area contributed by atoms with Gasteiger partial charge in [0.15, 0.2) is 0 Å². The van der Waals surface area contributed by atoms with Gasteiger partial charge in [-0.25, -0.2) is 4.98 Å². The predicted octanol–water partition coefficient (Wildman–Crippen LogP) is 4.67. The van der Waals surface area contributed by atoms with E-state index in [9.17, 15) is 9.59 Å². The van der Waals surface area contributed by atoms with Crippen molar-refractivity contribution in [1.82, 2.24) is 14.9 Å². The van der Waals surface area contributed by atoms with Crippen molar-refractivity contribution >= 4 is 22.8 Å². The number of rotatable bonds is 5. The average Bonchev–Trinajstić information content (AvgIpc) is 3.20. The summed E-state index contributed by atoms with van der Waals surface area (Å²) < 4.78 is 0. The standard InChI is InChI=1S/C25H31N3O2/c1-14(2)20-11-18(12-23-26-21-8-6-7-9-22(21)27-23)15(3)10-19(20)13-28-24(29)16(4)17(5)25(28)30/h6-10,14,18-20H,11-13H2,1-5H3,(H,26,27)/t18-,19-,20-/m0/s1. The second-order valence-electron chi connectivity index (χ2n) is 9.29. The summed E-state index contributed by atoms with van der Waals surface area (Å²) in [5.41, 5.74) is 4.58. The second kappa shape index (κ2) is 7.86. The van der Waals surface area contributed by atoms with Crippen LogP contribution in [0.25, 0.3) is 11.0 Å². The van der Waals surface area contributed by atoms with E-state index in [1.807, 2.05) is 18.2 Å². The average molecular weight is 406 g/mol. The molecule has 1 N–H and O–H groups in total. The number of hydrogen-bond donors (Lipinski definition) is 1. The molecule has 2 heterocycles. The molecule has 0 bridgehead atoms. The lowest BCUT2D eigenvalue weighted by atomic mass is 9.69. The van der Waals surface area contributed by atoms with Crippen molar-refractivity contribution in [2.45, 2.75) is 47.5 Å². The molecule has 0 fully saturated rings. The number of aromatic amines is 1. The van der Waals surface area contributed by atoms with Crippen LogP contribution in [0.3, 0.4) is 0 Å². The lowest BCUT2D eigenvalue weighted by Crippen LogP contribution is -2.40. The lowest BCUT2D eigenvalue weighted by Gasteiger charge is -2.38. The molecule has 2 aliphatic rings. The normalized spacial score (nSPS) is 25.1. The molecule has 3 atom stereocenters. The van der Waals surface area contributed by atoms with E-state index in [0.29, 0.717) is 35.4 Å². The Kier molecular flexibility index (Phi) is 5.39. The molecule has 0 spiro atoms. The van der Waals surface area contributed by atoms with Crippen LogP contribution in [0.4, 0.5) is 0 Å². The molecule has 1 aromatic heterocycles. The van der Waals surface area contributed by atoms with E-state index >= 15 is 0 Å². The van der Waals surface area contributed by atoms with Crippen LogP contribution >= 0.6 is 0 Å². The molecule has 5 nitrogen and oxygen atoms in total. The number of allylic oxidation sites excluding steroid dienone is 1. The zero-order valence-corrected chi connectivity index (χ0v) is 18.5. The van der Waals surface area contributed by atoms with Gasteiger partial charge in [-0.05, 0) is 63.0 Å². The largest absolute Gasteiger partial charge is 0.342 e. The zero-order chi connectivity index (χ0) is 21.6. The fourth-order valence-electron chi connectivity index (χ4n) is 5.02. The number of imide groups is 1. The first-order valence-electron chi connectivity index (χ1n) is 10.9. The lowest BCUT2D eigenvalue weighted by molar-refractivity contribution is -0.138. The molecule has 2 amide bonds. The van der Waals surface area contributed by atoms with E-state index in [1.165, 1.54) is 10.5 Å². The highest BCUT2D eigenvalue weighted by Gasteiger charge is 2.38. The number of hydrogen-bond acceptors (Lipinski definition) is 3. The quantitative estimate of drug-likeness (QED) is 0.581. The van der Waals surface area contributed by atoms with Crippen LogP contribution in [-0.4, -0.2) is 33.2 Å². The summed E-state index contributed by atoms with van der Waals surface area (Å²) in [6.07, 6.45) is 4.24. The summed E-state index contributed by atoms with van der Waals surface area (Å²) in [5.74, 6) is 2.27. The summed E-state index contributed by atoms with van der Waals surface area (Å²) in [7, 11) is 0. The minimum absolute atomic E-state index is 0.129. The number of H-pyrrole nitrogens is 1. The van der Waals surface area contributed by atoms with Crippen LogP contribution in [0.1, 0.15) is 46.9 Å². The Balaban J connectivity index is 1.54. The van der Waals surface area contributed by atoms with E-state index in [0.717, 1.165) is 29.7 Å². The number of benzene rings is 1. The fraction of sp³-hybridized carbons (Fsp3) is 0.480. The van der Waals surface area contributed by atoms with Crippen LogP contribution in [0.5, 0.6) is 0 Å². The Morgan fingerprint density at radius 1 is 1.10 bits per heavy atom. The van der Waals surface area contributed by atoms with Crippen LogP contribution in [0, 0.1) is 23.7 Å². The number of fused-ring (bicyclic) bond motifs is 1. The van der Waals surface area contributed by atoms with Gasteiger partial charge in [0.1, 0.15) is 5.82 Å². The smallest absolute Gasteiger partial charge is 0.256 e. The number of nitrogens with one attached hydrogen (secondary N) is 1. The van der Waals surface area contributed by atoms with Crippen molar-refractivity contribution in [3.8, 4) is 0 Å². The van der Waals surface area contributed by atoms with Crippen LogP contribution < -0.4 is 0 Å². The van der Waals surface area contributed by atoms with Gasteiger partial charge in [-0.1, -0.05) is 37.6 Å². The highest BCUT2D eigenvalue weighted by molar-refractivity contribution is 6.18. The number of para-hydroxylation sites is 2. The van der Waals surface area contributed by atoms with Crippen molar-refractivity contribution in [2.75, 3.05) is 6.54 Å². The summed E-state index contributed by atoms with van der Waals surface area (Å²) >= 11 is 0. The van der Waals surface area contributed by atoms with Crippen LogP contribution in [0.2, 0.25) is 0 Å². The number of amides is 2. The van der Waals surface area contributed by atoms with Crippen LogP contribution in [-0.2, 0) is 16.0 Å². The van der Waals surface area contributed by atoms with Gasteiger partial charge >= 0.3 is 0 Å². The summed E-state index contributed by atoms with van der Waals surface area (Å²) in [6.45, 7) is 10.6. The Morgan fingerprint density at radius 2 is 1.77 bits per heavy atom. The van der Waals surface area contributed by atoms with E-state index in [4.69, 9.17) is 4.98 Å². The molecule has 1 aliphatic carbocycles. The summed E-state index contributed by atoms with van der Waals surface area (Å²) in [5, 5.41) is 0. The number of nitrogens with zero attached hydrogens (tertiary/aromatic N) is 2. The Labute approximate surface area is 178 Å². The van der Waals surface area contributed by atoms with Crippen molar-refractivity contribution < 1.29 is 9.59 Å². The van der Waals surface area contributed by atoms with Gasteiger partial charge in [0.25, 0.3) is 11.8 Å². The molecule has 4 rings (SSSR count). The molecule has 1 aromatic carbocycles. The van der Waals surface area contributed by atoms with Gasteiger partial charge in [-0.2, -0.15) is 0 Å². The van der Waals surface area contributed by atoms with Gasteiger partial charge in [-0.15, -0.1) is 0 Å². The monoisotopic (exact) mass is 405 g/mol. The second-order valence-corrected chi connectivity index (χ2v) is 9.29. The topological polar surface area (TPSA) is 66.1 Å². The Morgan fingerprint density at radius 3 is 2.40 bits per heavy atom. The van der Waals surface area contributed by atoms with E-state index in [1.54, 1.807) is 13.8 Å². The highest BCUT2D eigenvalue weighted by Crippen LogP contribution is 2.40. The van der Waals surface area contributed by atoms with Gasteiger partial charge < -0.3 is 4.98 Å². The van der Waals surface area contributed by atoms with E-state index in [-0.39, 0.29) is 17.7 Å². The number of imidazole rings is 1. The van der Waals surface area contributed by atoms with Crippen LogP contribution in [0.15, 0.2) is 47.1 Å². The molecule has 0 saturated carbocycles. The third-order valence-electron chi connectivity index (χ3n) is 7.05. The molecular weight excluding hydrogens is 374 g/mol. The maximum absolute atomic E-state index is 12.6. The Bertz CT molecular complexity index is 1000. The molecule has 0 unspecified atom stereocenters. The molecule has 30 heavy (non-hydrogen) atoms. The molecule has 2 aromatic rings. The van der Waals surface area contributed by atoms with Gasteiger partial charge in [0.2, 0.25) is 0 Å². The highest BCUT2D eigenvalue weighted by atomic mass is 16.2. The third kappa shape index (κ3) is 3.62. The first kappa shape index (κ1) is 20.6. The fourth-order valence-corrected chi connectivity index (χ4v) is 5.02. The molecule has 5 heteroatoms. The van der Waals surface area contributed by atoms with E-state index in [2.05, 4.69) is 37.9 Å². The van der Waals surface area contributed by atoms with Crippen molar-refractivity contribution in [1.29, 1.82) is 0 Å². The molecule has 0 radical (unpaired) electrons. The zero-order valence-electron chi connectivity index (χ0n) is 18.5. The van der Waals surface area contributed by atoms with Gasteiger partial charge in [0, 0.05) is 24.1 Å². The predicted molar refractivity (Wildman–Crippen MR) is 119 cm³/mol. The third-order valence-corrected chi connectivity index (χ3v) is 7.05. The minimum Gasteiger partial charge on any atom is -0.342 e. The van der Waals surface area contributed by atoms with Gasteiger partial charge in [0.05, 0.1) is 11.0 Å². The molecule has 1 aliphatic heterocycles. The molecular formula is C25H31N3O2. The summed E-state index contributed by atoms with van der Waals surface area (Å²) in [4.78, 5) is 34.8. The first-order valence-corrected chi connectivity index (χ1v) is 10.9. The Hall–Kier alpha value is -2.69. The number of aromatic nitrogens is 2. The maximum Gasteiger partial charge on any atom is 0.256 e.